The number of rotatable bonds is 14. The fraction of sp³-hybridized carbons (Fsp3) is 0.545. The Bertz CT molecular complexity index is 725. The van der Waals surface area contributed by atoms with Gasteiger partial charge in [0.2, 0.25) is 18.2 Å². The standard InChI is InChI=1S/C22H33N3O6/c1-4-5-11-17(14-25(31)15-26)21(29)23-20(22(30)24(2)3)18(13-19(27)28)12-16-9-7-6-8-10-16/h6-10,15,17-18,20,31H,4-5,11-14H2,1-3H3,(H,23,29)(H,27,28)/t17-,18?,20+/m1/s1. The molecule has 1 aromatic carbocycles. The van der Waals surface area contributed by atoms with Crippen LogP contribution in [0.5, 0.6) is 0 Å². The lowest BCUT2D eigenvalue weighted by Crippen LogP contribution is -2.53. The Morgan fingerprint density at radius 1 is 1.16 bits per heavy atom. The van der Waals surface area contributed by atoms with Crippen molar-refractivity contribution >= 4 is 24.2 Å². The molecule has 0 spiro atoms. The van der Waals surface area contributed by atoms with E-state index in [9.17, 15) is 29.5 Å². The molecule has 1 aromatic rings. The van der Waals surface area contributed by atoms with E-state index in [1.807, 2.05) is 37.3 Å². The Labute approximate surface area is 183 Å². The van der Waals surface area contributed by atoms with Gasteiger partial charge in [-0.05, 0) is 18.4 Å². The van der Waals surface area contributed by atoms with Gasteiger partial charge in [0.1, 0.15) is 6.04 Å². The number of carbonyl (C=O) groups excluding carboxylic acids is 3. The molecular weight excluding hydrogens is 402 g/mol. The molecule has 0 aromatic heterocycles. The van der Waals surface area contributed by atoms with Crippen LogP contribution in [0.15, 0.2) is 30.3 Å². The fourth-order valence-corrected chi connectivity index (χ4v) is 3.40. The Morgan fingerprint density at radius 3 is 2.32 bits per heavy atom. The van der Waals surface area contributed by atoms with E-state index in [0.717, 1.165) is 12.0 Å². The molecule has 3 N–H and O–H groups in total. The monoisotopic (exact) mass is 435 g/mol. The summed E-state index contributed by atoms with van der Waals surface area (Å²) in [5.41, 5.74) is 0.851. The molecule has 9 nitrogen and oxygen atoms in total. The Hall–Kier alpha value is -2.94. The summed E-state index contributed by atoms with van der Waals surface area (Å²) in [7, 11) is 3.08. The molecule has 0 saturated carbocycles. The molecule has 0 aliphatic rings. The van der Waals surface area contributed by atoms with E-state index in [0.29, 0.717) is 17.9 Å². The highest BCUT2D eigenvalue weighted by molar-refractivity contribution is 5.89. The van der Waals surface area contributed by atoms with Crippen LogP contribution in [0.25, 0.3) is 0 Å². The van der Waals surface area contributed by atoms with Crippen LogP contribution in [-0.4, -0.2) is 71.2 Å². The zero-order chi connectivity index (χ0) is 23.4. The second-order valence-electron chi connectivity index (χ2n) is 7.83. The average Bonchev–Trinajstić information content (AvgIpc) is 2.73. The van der Waals surface area contributed by atoms with Gasteiger partial charge in [0, 0.05) is 20.0 Å². The van der Waals surface area contributed by atoms with Crippen LogP contribution in [0.2, 0.25) is 0 Å². The van der Waals surface area contributed by atoms with Crippen molar-refractivity contribution in [3.63, 3.8) is 0 Å². The van der Waals surface area contributed by atoms with Crippen LogP contribution in [0.3, 0.4) is 0 Å². The summed E-state index contributed by atoms with van der Waals surface area (Å²) in [5, 5.41) is 22.1. The molecule has 0 aliphatic heterocycles. The number of likely N-dealkylation sites (N-methyl/N-ethyl adjacent to an activating group) is 1. The smallest absolute Gasteiger partial charge is 0.303 e. The van der Waals surface area contributed by atoms with Crippen LogP contribution in [-0.2, 0) is 25.6 Å². The molecule has 1 rings (SSSR count). The lowest BCUT2D eigenvalue weighted by Gasteiger charge is -2.30. The van der Waals surface area contributed by atoms with Gasteiger partial charge in [0.25, 0.3) is 0 Å². The summed E-state index contributed by atoms with van der Waals surface area (Å²) in [6, 6.07) is 8.10. The van der Waals surface area contributed by atoms with Gasteiger partial charge in [0.15, 0.2) is 0 Å². The lowest BCUT2D eigenvalue weighted by molar-refractivity contribution is -0.155. The van der Waals surface area contributed by atoms with Crippen LogP contribution in [0.4, 0.5) is 0 Å². The molecule has 0 fully saturated rings. The number of carboxylic acid groups (broad SMARTS) is 1. The van der Waals surface area contributed by atoms with E-state index in [2.05, 4.69) is 5.32 Å². The number of hydroxylamine groups is 2. The van der Waals surface area contributed by atoms with Crippen molar-refractivity contribution in [1.82, 2.24) is 15.3 Å². The fourth-order valence-electron chi connectivity index (χ4n) is 3.40. The summed E-state index contributed by atoms with van der Waals surface area (Å²) in [6.45, 7) is 1.74. The third-order valence-corrected chi connectivity index (χ3v) is 5.06. The molecule has 31 heavy (non-hydrogen) atoms. The van der Waals surface area contributed by atoms with Gasteiger partial charge in [-0.1, -0.05) is 50.1 Å². The summed E-state index contributed by atoms with van der Waals surface area (Å²) in [6.07, 6.45) is 2.12. The van der Waals surface area contributed by atoms with E-state index in [-0.39, 0.29) is 25.8 Å². The number of nitrogens with one attached hydrogen (secondary N) is 1. The van der Waals surface area contributed by atoms with Crippen molar-refractivity contribution in [3.05, 3.63) is 35.9 Å². The number of unbranched alkanes of at least 4 members (excludes halogenated alkanes) is 1. The number of carboxylic acids is 1. The van der Waals surface area contributed by atoms with Crippen molar-refractivity contribution in [1.29, 1.82) is 0 Å². The normalized spacial score (nSPS) is 13.5. The van der Waals surface area contributed by atoms with Crippen LogP contribution in [0, 0.1) is 11.8 Å². The molecule has 9 heteroatoms. The van der Waals surface area contributed by atoms with E-state index in [1.54, 1.807) is 0 Å². The second-order valence-corrected chi connectivity index (χ2v) is 7.83. The van der Waals surface area contributed by atoms with Gasteiger partial charge in [-0.25, -0.2) is 5.06 Å². The number of carbonyl (C=O) groups is 4. The van der Waals surface area contributed by atoms with Crippen molar-refractivity contribution in [3.8, 4) is 0 Å². The Kier molecular flexibility index (Phi) is 11.3. The predicted molar refractivity (Wildman–Crippen MR) is 114 cm³/mol. The van der Waals surface area contributed by atoms with E-state index in [4.69, 9.17) is 0 Å². The molecule has 3 amide bonds. The first kappa shape index (κ1) is 26.1. The summed E-state index contributed by atoms with van der Waals surface area (Å²) < 4.78 is 0. The maximum absolute atomic E-state index is 13.0. The molecule has 0 saturated heterocycles. The number of nitrogens with zero attached hydrogens (tertiary/aromatic N) is 2. The number of hydrogen-bond acceptors (Lipinski definition) is 5. The maximum atomic E-state index is 13.0. The van der Waals surface area contributed by atoms with Crippen LogP contribution < -0.4 is 5.32 Å². The number of amides is 3. The highest BCUT2D eigenvalue weighted by atomic mass is 16.5. The highest BCUT2D eigenvalue weighted by Gasteiger charge is 2.34. The molecule has 172 valence electrons. The van der Waals surface area contributed by atoms with Crippen LogP contribution >= 0.6 is 0 Å². The largest absolute Gasteiger partial charge is 0.481 e. The highest BCUT2D eigenvalue weighted by Crippen LogP contribution is 2.20. The van der Waals surface area contributed by atoms with E-state index < -0.39 is 35.7 Å². The van der Waals surface area contributed by atoms with Gasteiger partial charge < -0.3 is 15.3 Å². The third kappa shape index (κ3) is 9.17. The topological polar surface area (TPSA) is 127 Å². The van der Waals surface area contributed by atoms with Crippen LogP contribution in [0.1, 0.15) is 38.2 Å². The first-order chi connectivity index (χ1) is 14.7. The summed E-state index contributed by atoms with van der Waals surface area (Å²) in [5.74, 6) is -3.40. The first-order valence-corrected chi connectivity index (χ1v) is 10.4. The zero-order valence-electron chi connectivity index (χ0n) is 18.4. The molecule has 0 heterocycles. The lowest BCUT2D eigenvalue weighted by atomic mass is 9.87. The average molecular weight is 436 g/mol. The predicted octanol–water partition coefficient (Wildman–Crippen LogP) is 1.55. The molecule has 1 unspecified atom stereocenters. The molecule has 0 aliphatic carbocycles. The zero-order valence-corrected chi connectivity index (χ0v) is 18.4. The summed E-state index contributed by atoms with van der Waals surface area (Å²) >= 11 is 0. The van der Waals surface area contributed by atoms with Gasteiger partial charge in [-0.15, -0.1) is 0 Å². The van der Waals surface area contributed by atoms with Crippen molar-refractivity contribution in [2.45, 2.75) is 45.1 Å². The minimum Gasteiger partial charge on any atom is -0.481 e. The Morgan fingerprint density at radius 2 is 1.81 bits per heavy atom. The molecule has 3 atom stereocenters. The minimum atomic E-state index is -1.07. The molecular formula is C22H33N3O6. The van der Waals surface area contributed by atoms with Crippen molar-refractivity contribution in [2.75, 3.05) is 20.6 Å². The first-order valence-electron chi connectivity index (χ1n) is 10.4. The Balaban J connectivity index is 3.17. The van der Waals surface area contributed by atoms with Gasteiger partial charge in [-0.3, -0.25) is 24.4 Å². The number of benzene rings is 1. The second kappa shape index (κ2) is 13.4. The van der Waals surface area contributed by atoms with Crippen molar-refractivity contribution in [2.24, 2.45) is 11.8 Å². The van der Waals surface area contributed by atoms with E-state index >= 15 is 0 Å². The molecule has 0 radical (unpaired) electrons. The van der Waals surface area contributed by atoms with Gasteiger partial charge >= 0.3 is 5.97 Å². The third-order valence-electron chi connectivity index (χ3n) is 5.06. The number of aliphatic carboxylic acids is 1. The molecule has 0 bridgehead atoms. The maximum Gasteiger partial charge on any atom is 0.303 e. The summed E-state index contributed by atoms with van der Waals surface area (Å²) in [4.78, 5) is 49.6. The quantitative estimate of drug-likeness (QED) is 0.231. The van der Waals surface area contributed by atoms with Gasteiger partial charge in [-0.2, -0.15) is 0 Å². The van der Waals surface area contributed by atoms with Crippen molar-refractivity contribution < 1.29 is 29.5 Å². The van der Waals surface area contributed by atoms with Gasteiger partial charge in [0.05, 0.1) is 18.9 Å². The van der Waals surface area contributed by atoms with E-state index in [1.165, 1.54) is 19.0 Å². The number of hydrogen-bond donors (Lipinski definition) is 3. The SMILES string of the molecule is CCCC[C@H](CN(O)C=O)C(=O)N[C@H](C(=O)N(C)C)C(CC(=O)O)Cc1ccccc1. The minimum absolute atomic E-state index is 0.208.